The van der Waals surface area contributed by atoms with Crippen molar-refractivity contribution >= 4 is 5.91 Å². The van der Waals surface area contributed by atoms with Crippen LogP contribution in [0.4, 0.5) is 0 Å². The maximum atomic E-state index is 12.1. The second-order valence-corrected chi connectivity index (χ2v) is 4.06. The summed E-state index contributed by atoms with van der Waals surface area (Å²) in [6, 6.07) is 0. The number of hydrogen-bond acceptors (Lipinski definition) is 2. The molecule has 2 unspecified atom stereocenters. The molecule has 0 aromatic heterocycles. The monoisotopic (exact) mass is 208 g/mol. The van der Waals surface area contributed by atoms with Crippen LogP contribution in [0, 0.1) is 11.8 Å². The first-order chi connectivity index (χ1) is 7.20. The molecule has 3 nitrogen and oxygen atoms in total. The first-order valence-corrected chi connectivity index (χ1v) is 5.42. The van der Waals surface area contributed by atoms with Crippen molar-refractivity contribution in [2.45, 2.75) is 6.92 Å². The number of amides is 1. The topological polar surface area (TPSA) is 32.3 Å². The van der Waals surface area contributed by atoms with Crippen molar-refractivity contribution in [3.05, 3.63) is 25.3 Å². The zero-order valence-corrected chi connectivity index (χ0v) is 9.41. The lowest BCUT2D eigenvalue weighted by Gasteiger charge is -2.24. The Morgan fingerprint density at radius 2 is 2.00 bits per heavy atom. The Hall–Kier alpha value is -1.09. The number of nitrogens with zero attached hydrogens (tertiary/aromatic N) is 1. The van der Waals surface area contributed by atoms with E-state index in [4.69, 9.17) is 0 Å². The summed E-state index contributed by atoms with van der Waals surface area (Å²) in [5.41, 5.74) is 0. The molecule has 0 bridgehead atoms. The van der Waals surface area contributed by atoms with Crippen molar-refractivity contribution in [1.82, 2.24) is 10.2 Å². The van der Waals surface area contributed by atoms with E-state index in [1.807, 2.05) is 0 Å². The van der Waals surface area contributed by atoms with Crippen LogP contribution in [0.2, 0.25) is 0 Å². The highest BCUT2D eigenvalue weighted by atomic mass is 16.2. The number of carbonyl (C=O) groups is 1. The highest BCUT2D eigenvalue weighted by molar-refractivity contribution is 5.80. The molecule has 0 radical (unpaired) electrons. The molecule has 84 valence electrons. The minimum atomic E-state index is 0.116. The van der Waals surface area contributed by atoms with Gasteiger partial charge in [0, 0.05) is 19.6 Å². The van der Waals surface area contributed by atoms with Gasteiger partial charge in [-0.15, -0.1) is 13.2 Å². The van der Waals surface area contributed by atoms with Gasteiger partial charge in [0.2, 0.25) is 5.91 Å². The SMILES string of the molecule is C=CCN(CC=C)C(=O)C1CNCC1C. The zero-order chi connectivity index (χ0) is 11.3. The average Bonchev–Trinajstić information content (AvgIpc) is 2.63. The maximum Gasteiger partial charge on any atom is 0.227 e. The summed E-state index contributed by atoms with van der Waals surface area (Å²) < 4.78 is 0. The first-order valence-electron chi connectivity index (χ1n) is 5.42. The van der Waals surface area contributed by atoms with Gasteiger partial charge in [0.15, 0.2) is 0 Å². The van der Waals surface area contributed by atoms with Crippen molar-refractivity contribution in [3.63, 3.8) is 0 Å². The third-order valence-corrected chi connectivity index (χ3v) is 2.85. The van der Waals surface area contributed by atoms with E-state index in [0.29, 0.717) is 19.0 Å². The summed E-state index contributed by atoms with van der Waals surface area (Å²) in [5, 5.41) is 3.24. The van der Waals surface area contributed by atoms with Gasteiger partial charge < -0.3 is 10.2 Å². The van der Waals surface area contributed by atoms with Gasteiger partial charge in [0.25, 0.3) is 0 Å². The van der Waals surface area contributed by atoms with Crippen LogP contribution in [0.3, 0.4) is 0 Å². The van der Waals surface area contributed by atoms with Crippen molar-refractivity contribution in [1.29, 1.82) is 0 Å². The van der Waals surface area contributed by atoms with E-state index in [2.05, 4.69) is 25.4 Å². The van der Waals surface area contributed by atoms with Gasteiger partial charge in [-0.2, -0.15) is 0 Å². The smallest absolute Gasteiger partial charge is 0.227 e. The number of carbonyl (C=O) groups excluding carboxylic acids is 1. The predicted octanol–water partition coefficient (Wildman–Crippen LogP) is 1.04. The molecule has 15 heavy (non-hydrogen) atoms. The van der Waals surface area contributed by atoms with Crippen LogP contribution in [0.25, 0.3) is 0 Å². The Morgan fingerprint density at radius 3 is 2.40 bits per heavy atom. The predicted molar refractivity (Wildman–Crippen MR) is 62.5 cm³/mol. The van der Waals surface area contributed by atoms with Crippen molar-refractivity contribution in [3.8, 4) is 0 Å². The van der Waals surface area contributed by atoms with Crippen LogP contribution in [0.5, 0.6) is 0 Å². The largest absolute Gasteiger partial charge is 0.335 e. The van der Waals surface area contributed by atoms with E-state index in [-0.39, 0.29) is 11.8 Å². The van der Waals surface area contributed by atoms with Gasteiger partial charge in [-0.05, 0) is 12.5 Å². The summed E-state index contributed by atoms with van der Waals surface area (Å²) in [6.45, 7) is 12.4. The second kappa shape index (κ2) is 5.71. The van der Waals surface area contributed by atoms with Crippen LogP contribution in [-0.4, -0.2) is 37.0 Å². The number of hydrogen-bond donors (Lipinski definition) is 1. The van der Waals surface area contributed by atoms with E-state index in [9.17, 15) is 4.79 Å². The first kappa shape index (κ1) is 12.0. The Bertz CT molecular complexity index is 240. The maximum absolute atomic E-state index is 12.1. The Kier molecular flexibility index (Phi) is 4.56. The molecule has 0 saturated carbocycles. The zero-order valence-electron chi connectivity index (χ0n) is 9.41. The van der Waals surface area contributed by atoms with Crippen molar-refractivity contribution in [2.24, 2.45) is 11.8 Å². The molecule has 1 fully saturated rings. The van der Waals surface area contributed by atoms with Gasteiger partial charge in [0.05, 0.1) is 5.92 Å². The van der Waals surface area contributed by atoms with E-state index in [1.54, 1.807) is 17.1 Å². The van der Waals surface area contributed by atoms with E-state index >= 15 is 0 Å². The van der Waals surface area contributed by atoms with Crippen LogP contribution < -0.4 is 5.32 Å². The third kappa shape index (κ3) is 2.93. The summed E-state index contributed by atoms with van der Waals surface area (Å²) >= 11 is 0. The van der Waals surface area contributed by atoms with Crippen LogP contribution in [0.1, 0.15) is 6.92 Å². The fourth-order valence-electron chi connectivity index (χ4n) is 1.94. The molecule has 1 aliphatic rings. The molecule has 1 saturated heterocycles. The van der Waals surface area contributed by atoms with Crippen LogP contribution in [0.15, 0.2) is 25.3 Å². The molecule has 0 spiro atoms. The molecular formula is C12H20N2O. The third-order valence-electron chi connectivity index (χ3n) is 2.85. The number of nitrogens with one attached hydrogen (secondary N) is 1. The molecule has 1 rings (SSSR count). The fourth-order valence-corrected chi connectivity index (χ4v) is 1.94. The van der Waals surface area contributed by atoms with E-state index < -0.39 is 0 Å². The highest BCUT2D eigenvalue weighted by Crippen LogP contribution is 2.18. The summed E-state index contributed by atoms with van der Waals surface area (Å²) in [7, 11) is 0. The quantitative estimate of drug-likeness (QED) is 0.685. The fraction of sp³-hybridized carbons (Fsp3) is 0.583. The normalized spacial score (nSPS) is 24.9. The molecule has 1 amide bonds. The van der Waals surface area contributed by atoms with Gasteiger partial charge >= 0.3 is 0 Å². The van der Waals surface area contributed by atoms with Gasteiger partial charge in [0.1, 0.15) is 0 Å². The molecule has 0 aromatic rings. The van der Waals surface area contributed by atoms with Crippen LogP contribution in [-0.2, 0) is 4.79 Å². The molecule has 1 aliphatic heterocycles. The molecule has 3 heteroatoms. The summed E-state index contributed by atoms with van der Waals surface area (Å²) in [4.78, 5) is 13.9. The average molecular weight is 208 g/mol. The molecule has 1 heterocycles. The van der Waals surface area contributed by atoms with E-state index in [1.165, 1.54) is 0 Å². The molecular weight excluding hydrogens is 188 g/mol. The lowest BCUT2D eigenvalue weighted by atomic mass is 9.96. The van der Waals surface area contributed by atoms with Crippen LogP contribution >= 0.6 is 0 Å². The molecule has 0 aliphatic carbocycles. The van der Waals surface area contributed by atoms with Gasteiger partial charge in [-0.3, -0.25) is 4.79 Å². The minimum absolute atomic E-state index is 0.116. The minimum Gasteiger partial charge on any atom is -0.335 e. The standard InChI is InChI=1S/C12H20N2O/c1-4-6-14(7-5-2)12(15)11-9-13-8-10(11)3/h4-5,10-11,13H,1-2,6-9H2,3H3. The Balaban J connectivity index is 2.61. The van der Waals surface area contributed by atoms with Crippen molar-refractivity contribution < 1.29 is 4.79 Å². The lowest BCUT2D eigenvalue weighted by Crippen LogP contribution is -2.39. The molecule has 2 atom stereocenters. The second-order valence-electron chi connectivity index (χ2n) is 4.06. The highest BCUT2D eigenvalue weighted by Gasteiger charge is 2.31. The number of rotatable bonds is 5. The van der Waals surface area contributed by atoms with E-state index in [0.717, 1.165) is 13.1 Å². The molecule has 1 N–H and O–H groups in total. The Labute approximate surface area is 91.8 Å². The van der Waals surface area contributed by atoms with Crippen molar-refractivity contribution in [2.75, 3.05) is 26.2 Å². The molecule has 0 aromatic carbocycles. The summed E-state index contributed by atoms with van der Waals surface area (Å²) in [6.07, 6.45) is 3.52. The summed E-state index contributed by atoms with van der Waals surface area (Å²) in [5.74, 6) is 0.756. The lowest BCUT2D eigenvalue weighted by molar-refractivity contribution is -0.134. The van der Waals surface area contributed by atoms with Gasteiger partial charge in [-0.25, -0.2) is 0 Å². The Morgan fingerprint density at radius 1 is 1.40 bits per heavy atom. The van der Waals surface area contributed by atoms with Gasteiger partial charge in [-0.1, -0.05) is 19.1 Å².